The molecule has 0 fully saturated rings. The van der Waals surface area contributed by atoms with Gasteiger partial charge in [0.1, 0.15) is 0 Å². The third-order valence-corrected chi connectivity index (χ3v) is 0.799. The lowest BCUT2D eigenvalue weighted by atomic mass is 10.2. The van der Waals surface area contributed by atoms with Crippen LogP contribution in [0.4, 0.5) is 0 Å². The molecule has 0 aliphatic heterocycles. The highest BCUT2D eigenvalue weighted by Gasteiger charge is 1.93. The molecule has 0 spiro atoms. The van der Waals surface area contributed by atoms with Gasteiger partial charge < -0.3 is 15.3 Å². The Balaban J connectivity index is 0. The van der Waals surface area contributed by atoms with Gasteiger partial charge >= 0.3 is 5.97 Å². The van der Waals surface area contributed by atoms with E-state index in [-0.39, 0.29) is 13.0 Å². The zero-order valence-electron chi connectivity index (χ0n) is 6.99. The summed E-state index contributed by atoms with van der Waals surface area (Å²) in [6.45, 7) is 1.17. The quantitative estimate of drug-likeness (QED) is 0.539. The van der Waals surface area contributed by atoms with Gasteiger partial charge in [-0.3, -0.25) is 9.59 Å². The lowest BCUT2D eigenvalue weighted by Gasteiger charge is -1.89. The van der Waals surface area contributed by atoms with Crippen molar-refractivity contribution in [1.82, 2.24) is 0 Å². The van der Waals surface area contributed by atoms with Gasteiger partial charge in [-0.05, 0) is 12.8 Å². The normalized spacial score (nSPS) is 8.17. The molecular weight excluding hydrogens is 164 g/mol. The summed E-state index contributed by atoms with van der Waals surface area (Å²) in [5.41, 5.74) is 0. The number of unbranched alkanes of at least 4 members (excludes halogenated alkanes) is 1. The number of hydrogen-bond donors (Lipinski definition) is 3. The first-order chi connectivity index (χ1) is 5.50. The highest BCUT2D eigenvalue weighted by atomic mass is 16.4. The highest BCUT2D eigenvalue weighted by Crippen LogP contribution is 1.92. The third-order valence-electron chi connectivity index (χ3n) is 0.799. The van der Waals surface area contributed by atoms with Crippen molar-refractivity contribution < 1.29 is 24.9 Å². The van der Waals surface area contributed by atoms with E-state index in [4.69, 9.17) is 20.1 Å². The van der Waals surface area contributed by atoms with E-state index in [1.54, 1.807) is 0 Å². The van der Waals surface area contributed by atoms with Crippen molar-refractivity contribution in [2.75, 3.05) is 6.61 Å². The molecule has 0 saturated heterocycles. The SMILES string of the molecule is CC(=O)O.O=C(O)CCCCO. The average Bonchev–Trinajstić information content (AvgIpc) is 1.86. The zero-order chi connectivity index (χ0) is 9.98. The van der Waals surface area contributed by atoms with Gasteiger partial charge in [0.05, 0.1) is 0 Å². The van der Waals surface area contributed by atoms with Crippen LogP contribution >= 0.6 is 0 Å². The van der Waals surface area contributed by atoms with E-state index in [0.29, 0.717) is 12.8 Å². The molecule has 12 heavy (non-hydrogen) atoms. The number of carboxylic acids is 2. The maximum atomic E-state index is 9.79. The van der Waals surface area contributed by atoms with E-state index in [1.807, 2.05) is 0 Å². The van der Waals surface area contributed by atoms with Crippen molar-refractivity contribution in [3.63, 3.8) is 0 Å². The van der Waals surface area contributed by atoms with Crippen molar-refractivity contribution in [1.29, 1.82) is 0 Å². The van der Waals surface area contributed by atoms with E-state index in [0.717, 1.165) is 6.92 Å². The van der Waals surface area contributed by atoms with Crippen LogP contribution in [-0.4, -0.2) is 33.9 Å². The molecule has 0 saturated carbocycles. The maximum absolute atomic E-state index is 9.79. The molecule has 0 heterocycles. The molecule has 0 unspecified atom stereocenters. The molecule has 0 aromatic carbocycles. The smallest absolute Gasteiger partial charge is 0.303 e. The summed E-state index contributed by atoms with van der Waals surface area (Å²) in [5.74, 6) is -1.63. The van der Waals surface area contributed by atoms with Gasteiger partial charge in [0, 0.05) is 20.0 Å². The number of aliphatic carboxylic acids is 2. The van der Waals surface area contributed by atoms with Gasteiger partial charge in [-0.15, -0.1) is 0 Å². The van der Waals surface area contributed by atoms with Crippen LogP contribution in [0.3, 0.4) is 0 Å². The predicted molar refractivity (Wildman–Crippen MR) is 41.9 cm³/mol. The second kappa shape index (κ2) is 9.90. The summed E-state index contributed by atoms with van der Waals surface area (Å²) in [6, 6.07) is 0. The number of carboxylic acid groups (broad SMARTS) is 2. The Bertz CT molecular complexity index is 128. The van der Waals surface area contributed by atoms with Crippen LogP contribution in [0.1, 0.15) is 26.2 Å². The van der Waals surface area contributed by atoms with Gasteiger partial charge in [-0.25, -0.2) is 0 Å². The standard InChI is InChI=1S/C5H10O3.C2H4O2/c6-4-2-1-3-5(7)8;1-2(3)4/h6H,1-4H2,(H,7,8);1H3,(H,3,4). The molecular formula is C7H14O5. The molecule has 0 rings (SSSR count). The largest absolute Gasteiger partial charge is 0.481 e. The van der Waals surface area contributed by atoms with Crippen LogP contribution in [-0.2, 0) is 9.59 Å². The average molecular weight is 178 g/mol. The minimum atomic E-state index is -0.833. The second-order valence-electron chi connectivity index (χ2n) is 2.09. The molecule has 0 atom stereocenters. The number of aliphatic hydroxyl groups is 1. The molecule has 0 radical (unpaired) electrons. The molecule has 5 heteroatoms. The molecule has 0 aliphatic rings. The topological polar surface area (TPSA) is 94.8 Å². The molecule has 0 aromatic heterocycles. The Morgan fingerprint density at radius 3 is 1.83 bits per heavy atom. The Hall–Kier alpha value is -1.10. The first kappa shape index (κ1) is 13.5. The number of aliphatic hydroxyl groups excluding tert-OH is 1. The van der Waals surface area contributed by atoms with E-state index in [1.165, 1.54) is 0 Å². The Labute approximate surface area is 70.6 Å². The van der Waals surface area contributed by atoms with Crippen molar-refractivity contribution in [3.05, 3.63) is 0 Å². The summed E-state index contributed by atoms with van der Waals surface area (Å²) >= 11 is 0. The molecule has 5 nitrogen and oxygen atoms in total. The first-order valence-electron chi connectivity index (χ1n) is 3.53. The zero-order valence-corrected chi connectivity index (χ0v) is 6.99. The predicted octanol–water partition coefficient (Wildman–Crippen LogP) is 0.324. The van der Waals surface area contributed by atoms with Crippen LogP contribution in [0, 0.1) is 0 Å². The first-order valence-corrected chi connectivity index (χ1v) is 3.53. The van der Waals surface area contributed by atoms with E-state index < -0.39 is 11.9 Å². The van der Waals surface area contributed by atoms with E-state index in [9.17, 15) is 4.79 Å². The number of rotatable bonds is 4. The van der Waals surface area contributed by atoms with Crippen molar-refractivity contribution in [3.8, 4) is 0 Å². The molecule has 3 N–H and O–H groups in total. The molecule has 0 bridgehead atoms. The van der Waals surface area contributed by atoms with Crippen molar-refractivity contribution >= 4 is 11.9 Å². The monoisotopic (exact) mass is 178 g/mol. The Kier molecular flexibility index (Phi) is 11.1. The van der Waals surface area contributed by atoms with E-state index in [2.05, 4.69) is 0 Å². The van der Waals surface area contributed by atoms with E-state index >= 15 is 0 Å². The Morgan fingerprint density at radius 1 is 1.17 bits per heavy atom. The van der Waals surface area contributed by atoms with Crippen molar-refractivity contribution in [2.45, 2.75) is 26.2 Å². The fraction of sp³-hybridized carbons (Fsp3) is 0.714. The fourth-order valence-electron chi connectivity index (χ4n) is 0.388. The maximum Gasteiger partial charge on any atom is 0.303 e. The lowest BCUT2D eigenvalue weighted by molar-refractivity contribution is -0.137. The van der Waals surface area contributed by atoms with Gasteiger partial charge in [-0.1, -0.05) is 0 Å². The summed E-state index contributed by atoms with van der Waals surface area (Å²) in [7, 11) is 0. The lowest BCUT2D eigenvalue weighted by Crippen LogP contribution is -1.94. The fourth-order valence-corrected chi connectivity index (χ4v) is 0.388. The van der Waals surface area contributed by atoms with Gasteiger partial charge in [-0.2, -0.15) is 0 Å². The third kappa shape index (κ3) is 36.5. The van der Waals surface area contributed by atoms with Crippen LogP contribution in [0.2, 0.25) is 0 Å². The van der Waals surface area contributed by atoms with Crippen LogP contribution in [0.15, 0.2) is 0 Å². The summed E-state index contributed by atoms with van der Waals surface area (Å²) in [4.78, 5) is 18.8. The minimum Gasteiger partial charge on any atom is -0.481 e. The van der Waals surface area contributed by atoms with Gasteiger partial charge in [0.2, 0.25) is 0 Å². The molecule has 0 aliphatic carbocycles. The number of hydrogen-bond acceptors (Lipinski definition) is 3. The van der Waals surface area contributed by atoms with Gasteiger partial charge in [0.15, 0.2) is 0 Å². The highest BCUT2D eigenvalue weighted by molar-refractivity contribution is 5.66. The molecule has 0 aromatic rings. The van der Waals surface area contributed by atoms with Crippen molar-refractivity contribution in [2.24, 2.45) is 0 Å². The van der Waals surface area contributed by atoms with Crippen LogP contribution < -0.4 is 0 Å². The number of carbonyl (C=O) groups is 2. The second-order valence-corrected chi connectivity index (χ2v) is 2.09. The summed E-state index contributed by atoms with van der Waals surface area (Å²) in [5, 5.41) is 23.7. The Morgan fingerprint density at radius 2 is 1.58 bits per heavy atom. The minimum absolute atomic E-state index is 0.0906. The summed E-state index contributed by atoms with van der Waals surface area (Å²) in [6.07, 6.45) is 1.33. The van der Waals surface area contributed by atoms with Gasteiger partial charge in [0.25, 0.3) is 5.97 Å². The van der Waals surface area contributed by atoms with Crippen LogP contribution in [0.25, 0.3) is 0 Å². The molecule has 72 valence electrons. The summed E-state index contributed by atoms with van der Waals surface area (Å²) < 4.78 is 0. The van der Waals surface area contributed by atoms with Crippen LogP contribution in [0.5, 0.6) is 0 Å². The molecule has 0 amide bonds.